The first-order chi connectivity index (χ1) is 22.2. The van der Waals surface area contributed by atoms with Gasteiger partial charge in [-0.2, -0.15) is 0 Å². The summed E-state index contributed by atoms with van der Waals surface area (Å²) in [5.41, 5.74) is 0. The highest BCUT2D eigenvalue weighted by Crippen LogP contribution is 2.53. The second-order valence-electron chi connectivity index (χ2n) is 12.8. The van der Waals surface area contributed by atoms with Gasteiger partial charge in [-0.15, -0.1) is 0 Å². The van der Waals surface area contributed by atoms with Crippen LogP contribution in [0.3, 0.4) is 0 Å². The number of ether oxygens (including phenoxy) is 4. The molecule has 48 heavy (non-hydrogen) atoms. The number of hydrogen-bond acceptors (Lipinski definition) is 16. The van der Waals surface area contributed by atoms with Crippen LogP contribution in [0.15, 0.2) is 0 Å². The molecule has 0 spiro atoms. The van der Waals surface area contributed by atoms with Gasteiger partial charge in [0.05, 0.1) is 51.3 Å². The fourth-order valence-electron chi connectivity index (χ4n) is 6.02. The SMILES string of the molecule is CC1[C@H](C)O[C@H](CO)[C@@H]1OP(O)(=S)OC[C@H]1O[C@@H](C)C(C)[C@H]1OP(O)(=S)OC[C@H]1O[C@@H](C)C(C)[C@H]1OP(O)(=S)OC[C@H]1OCC(O)[C@H]1O. The summed E-state index contributed by atoms with van der Waals surface area (Å²) in [6, 6.07) is 0. The molecule has 0 radical (unpaired) electrons. The van der Waals surface area contributed by atoms with E-state index in [0.717, 1.165) is 0 Å². The standard InChI is InChI=1S/C26H49O16P3S3/c1-12-15(4)37-19(7-27)24(12)40-44(31,47)35-10-21-26(14(3)17(6)38-21)42-45(32,48)36-11-22-25(13(2)16(5)39-22)41-43(30,46)34-9-20-23(29)18(28)8-33-20/h12-29H,7-11H2,1-6H3,(H,30,46)(H,31,47)(H,32,48)/t12?,13?,14?,15-,16-,17-,18?,19+,20+,21+,22+,23+,24+,25+,26+,43?,44?,45?/m0/s1. The molecule has 18 atom stereocenters. The highest BCUT2D eigenvalue weighted by molar-refractivity contribution is 8.07. The smallest absolute Gasteiger partial charge is 0.324 e. The first-order valence-electron chi connectivity index (χ1n) is 15.8. The van der Waals surface area contributed by atoms with Crippen molar-refractivity contribution in [1.82, 2.24) is 0 Å². The summed E-state index contributed by atoms with van der Waals surface area (Å²) in [5.74, 6) is -0.690. The van der Waals surface area contributed by atoms with Crippen LogP contribution < -0.4 is 0 Å². The Bertz CT molecular complexity index is 1220. The second-order valence-corrected chi connectivity index (χ2v) is 21.2. The number of aliphatic hydroxyl groups excluding tert-OH is 3. The zero-order chi connectivity index (χ0) is 35.8. The molecule has 4 fully saturated rings. The van der Waals surface area contributed by atoms with Gasteiger partial charge in [0.2, 0.25) is 0 Å². The van der Waals surface area contributed by atoms with Gasteiger partial charge < -0.3 is 76.1 Å². The Kier molecular flexibility index (Phi) is 15.1. The van der Waals surface area contributed by atoms with E-state index in [1.165, 1.54) is 0 Å². The Morgan fingerprint density at radius 3 is 1.25 bits per heavy atom. The van der Waals surface area contributed by atoms with Crippen molar-refractivity contribution in [1.29, 1.82) is 0 Å². The molecule has 16 nitrogen and oxygen atoms in total. The third-order valence-corrected chi connectivity index (χ3v) is 14.1. The maximum atomic E-state index is 11.1. The summed E-state index contributed by atoms with van der Waals surface area (Å²) < 4.78 is 57.1. The van der Waals surface area contributed by atoms with E-state index >= 15 is 0 Å². The number of hydrogen-bond donors (Lipinski definition) is 6. The van der Waals surface area contributed by atoms with Gasteiger partial charge in [-0.25, -0.2) is 0 Å². The van der Waals surface area contributed by atoms with Crippen LogP contribution in [0.5, 0.6) is 0 Å². The molecule has 0 amide bonds. The minimum atomic E-state index is -3.94. The Balaban J connectivity index is 1.32. The number of aliphatic hydroxyl groups is 3. The first kappa shape index (κ1) is 42.1. The summed E-state index contributed by atoms with van der Waals surface area (Å²) >= 11 is 15.8. The average molecular weight is 807 g/mol. The lowest BCUT2D eigenvalue weighted by atomic mass is 10.00. The molecule has 0 aromatic carbocycles. The molecule has 4 heterocycles. The normalized spacial score (nSPS) is 45.6. The van der Waals surface area contributed by atoms with Crippen LogP contribution in [0.25, 0.3) is 0 Å². The topological polar surface area (TPSA) is 214 Å². The summed E-state index contributed by atoms with van der Waals surface area (Å²) in [5, 5.41) is 29.3. The van der Waals surface area contributed by atoms with Gasteiger partial charge in [-0.1, -0.05) is 20.8 Å². The molecule has 22 heteroatoms. The van der Waals surface area contributed by atoms with Crippen LogP contribution in [0.4, 0.5) is 0 Å². The van der Waals surface area contributed by atoms with Crippen LogP contribution >= 0.6 is 20.2 Å². The second kappa shape index (κ2) is 17.2. The quantitative estimate of drug-likeness (QED) is 0.121. The van der Waals surface area contributed by atoms with E-state index in [1.807, 2.05) is 34.6 Å². The molecule has 0 bridgehead atoms. The average Bonchev–Trinajstić information content (AvgIpc) is 3.65. The van der Waals surface area contributed by atoms with E-state index in [1.54, 1.807) is 6.92 Å². The Hall–Kier alpha value is 1.31. The van der Waals surface area contributed by atoms with Crippen LogP contribution in [-0.2, 0) is 81.5 Å². The van der Waals surface area contributed by atoms with E-state index in [9.17, 15) is 30.0 Å². The molecular weight excluding hydrogens is 757 g/mol. The molecule has 4 saturated heterocycles. The van der Waals surface area contributed by atoms with Gasteiger partial charge in [-0.05, 0) is 56.2 Å². The summed E-state index contributed by atoms with van der Waals surface area (Å²) in [7, 11) is 0. The monoisotopic (exact) mass is 806 g/mol. The minimum absolute atomic E-state index is 0.0743. The molecule has 0 aromatic heterocycles. The van der Waals surface area contributed by atoms with E-state index in [2.05, 4.69) is 0 Å². The minimum Gasteiger partial charge on any atom is -0.394 e. The molecular formula is C26H49O16P3S3. The van der Waals surface area contributed by atoms with Crippen molar-refractivity contribution in [2.75, 3.05) is 33.0 Å². The molecule has 6 N–H and O–H groups in total. The predicted molar refractivity (Wildman–Crippen MR) is 181 cm³/mol. The van der Waals surface area contributed by atoms with E-state index < -0.39 is 75.1 Å². The summed E-state index contributed by atoms with van der Waals surface area (Å²) in [6.07, 6.45) is -8.58. The third kappa shape index (κ3) is 10.7. The summed E-state index contributed by atoms with van der Waals surface area (Å²) in [6.45, 7) is -1.79. The maximum absolute atomic E-state index is 11.1. The fraction of sp³-hybridized carbons (Fsp3) is 1.00. The van der Waals surface area contributed by atoms with E-state index in [0.29, 0.717) is 0 Å². The molecule has 0 aliphatic carbocycles. The molecule has 4 rings (SSSR count). The van der Waals surface area contributed by atoms with E-state index in [-0.39, 0.29) is 69.1 Å². The maximum Gasteiger partial charge on any atom is 0.324 e. The van der Waals surface area contributed by atoms with Crippen molar-refractivity contribution in [2.24, 2.45) is 17.8 Å². The van der Waals surface area contributed by atoms with Crippen molar-refractivity contribution < 1.29 is 76.1 Å². The predicted octanol–water partition coefficient (Wildman–Crippen LogP) is 1.23. The lowest BCUT2D eigenvalue weighted by molar-refractivity contribution is -0.0331. The van der Waals surface area contributed by atoms with Crippen molar-refractivity contribution >= 4 is 55.6 Å². The largest absolute Gasteiger partial charge is 0.394 e. The Morgan fingerprint density at radius 2 is 0.917 bits per heavy atom. The van der Waals surface area contributed by atoms with Gasteiger partial charge in [0.1, 0.15) is 54.9 Å². The van der Waals surface area contributed by atoms with Crippen molar-refractivity contribution in [2.45, 2.75) is 115 Å². The van der Waals surface area contributed by atoms with Gasteiger partial charge in [0, 0.05) is 17.8 Å². The fourth-order valence-corrected chi connectivity index (χ4v) is 10.6. The highest BCUT2D eigenvalue weighted by atomic mass is 32.5. The molecule has 7 unspecified atom stereocenters. The third-order valence-electron chi connectivity index (χ3n) is 9.45. The first-order valence-corrected chi connectivity index (χ1v) is 23.5. The van der Waals surface area contributed by atoms with Crippen molar-refractivity contribution in [3.8, 4) is 0 Å². The summed E-state index contributed by atoms with van der Waals surface area (Å²) in [4.78, 5) is 32.7. The van der Waals surface area contributed by atoms with Crippen LogP contribution in [0, 0.1) is 17.8 Å². The lowest BCUT2D eigenvalue weighted by Crippen LogP contribution is -2.35. The van der Waals surface area contributed by atoms with Crippen molar-refractivity contribution in [3.05, 3.63) is 0 Å². The van der Waals surface area contributed by atoms with Crippen molar-refractivity contribution in [3.63, 3.8) is 0 Å². The van der Waals surface area contributed by atoms with Gasteiger partial charge in [-0.3, -0.25) is 0 Å². The van der Waals surface area contributed by atoms with Crippen LogP contribution in [0.1, 0.15) is 41.5 Å². The van der Waals surface area contributed by atoms with Crippen LogP contribution in [0.2, 0.25) is 0 Å². The number of rotatable bonds is 16. The van der Waals surface area contributed by atoms with Crippen LogP contribution in [-0.4, -0.2) is 136 Å². The molecule has 0 aromatic rings. The Morgan fingerprint density at radius 1 is 0.583 bits per heavy atom. The highest BCUT2D eigenvalue weighted by Gasteiger charge is 2.48. The zero-order valence-corrected chi connectivity index (χ0v) is 32.7. The van der Waals surface area contributed by atoms with Gasteiger partial charge >= 0.3 is 20.2 Å². The van der Waals surface area contributed by atoms with Gasteiger partial charge in [0.25, 0.3) is 0 Å². The Labute approximate surface area is 296 Å². The molecule has 0 saturated carbocycles. The van der Waals surface area contributed by atoms with Gasteiger partial charge in [0.15, 0.2) is 0 Å². The zero-order valence-electron chi connectivity index (χ0n) is 27.5. The molecule has 282 valence electrons. The molecule has 4 aliphatic heterocycles. The molecule has 4 aliphatic rings. The lowest BCUT2D eigenvalue weighted by Gasteiger charge is -2.30. The van der Waals surface area contributed by atoms with E-state index in [4.69, 9.17) is 81.5 Å².